The Morgan fingerprint density at radius 2 is 2.29 bits per heavy atom. The molecule has 94 valence electrons. The van der Waals surface area contributed by atoms with E-state index < -0.39 is 0 Å². The fourth-order valence-corrected chi connectivity index (χ4v) is 3.18. The summed E-state index contributed by atoms with van der Waals surface area (Å²) in [5, 5.41) is 0. The Labute approximate surface area is 103 Å². The first-order chi connectivity index (χ1) is 8.36. The van der Waals surface area contributed by atoms with Crippen molar-refractivity contribution in [3.63, 3.8) is 0 Å². The number of fused-ring (bicyclic) bond motifs is 1. The molecule has 0 aliphatic carbocycles. The second kappa shape index (κ2) is 4.78. The van der Waals surface area contributed by atoms with Gasteiger partial charge in [-0.3, -0.25) is 9.80 Å². The van der Waals surface area contributed by atoms with Gasteiger partial charge < -0.3 is 4.57 Å². The van der Waals surface area contributed by atoms with Gasteiger partial charge in [-0.15, -0.1) is 0 Å². The van der Waals surface area contributed by atoms with Gasteiger partial charge in [-0.25, -0.2) is 4.98 Å². The zero-order valence-corrected chi connectivity index (χ0v) is 10.7. The van der Waals surface area contributed by atoms with E-state index in [-0.39, 0.29) is 0 Å². The van der Waals surface area contributed by atoms with Gasteiger partial charge in [0, 0.05) is 44.6 Å². The Bertz CT molecular complexity index is 373. The summed E-state index contributed by atoms with van der Waals surface area (Å²) in [5.74, 6) is 1.22. The molecule has 0 N–H and O–H groups in total. The second-order valence-electron chi connectivity index (χ2n) is 5.20. The van der Waals surface area contributed by atoms with Gasteiger partial charge in [-0.1, -0.05) is 0 Å². The Kier molecular flexibility index (Phi) is 3.16. The van der Waals surface area contributed by atoms with Gasteiger partial charge in [0.25, 0.3) is 0 Å². The van der Waals surface area contributed by atoms with E-state index in [1.807, 2.05) is 6.20 Å². The summed E-state index contributed by atoms with van der Waals surface area (Å²) in [4.78, 5) is 9.70. The minimum Gasteiger partial charge on any atom is -0.334 e. The summed E-state index contributed by atoms with van der Waals surface area (Å²) in [7, 11) is 0. The van der Waals surface area contributed by atoms with Crippen molar-refractivity contribution in [2.24, 2.45) is 0 Å². The molecule has 0 spiro atoms. The maximum absolute atomic E-state index is 4.47. The normalized spacial score (nSPS) is 26.3. The maximum atomic E-state index is 4.47. The average Bonchev–Trinajstić information content (AvgIpc) is 2.96. The molecule has 4 heteroatoms. The number of aromatic nitrogens is 2. The third kappa shape index (κ3) is 2.24. The van der Waals surface area contributed by atoms with Crippen molar-refractivity contribution in [1.82, 2.24) is 19.4 Å². The quantitative estimate of drug-likeness (QED) is 0.785. The van der Waals surface area contributed by atoms with Crippen molar-refractivity contribution < 1.29 is 0 Å². The number of hydrogen-bond donors (Lipinski definition) is 0. The molecule has 1 atom stereocenters. The largest absolute Gasteiger partial charge is 0.334 e. The first-order valence-electron chi connectivity index (χ1n) is 6.83. The molecular weight excluding hydrogens is 212 g/mol. The number of hydrogen-bond acceptors (Lipinski definition) is 3. The van der Waals surface area contributed by atoms with Crippen LogP contribution < -0.4 is 0 Å². The second-order valence-corrected chi connectivity index (χ2v) is 5.20. The summed E-state index contributed by atoms with van der Waals surface area (Å²) < 4.78 is 2.25. The van der Waals surface area contributed by atoms with Crippen molar-refractivity contribution in [2.75, 3.05) is 26.2 Å². The molecule has 0 bridgehead atoms. The lowest BCUT2D eigenvalue weighted by Gasteiger charge is -2.37. The lowest BCUT2D eigenvalue weighted by atomic mass is 10.1. The van der Waals surface area contributed by atoms with Crippen molar-refractivity contribution in [3.05, 3.63) is 18.2 Å². The first-order valence-corrected chi connectivity index (χ1v) is 6.83. The molecule has 17 heavy (non-hydrogen) atoms. The highest BCUT2D eigenvalue weighted by Crippen LogP contribution is 2.22. The van der Waals surface area contributed by atoms with Gasteiger partial charge in [0.1, 0.15) is 5.82 Å². The van der Waals surface area contributed by atoms with Crippen LogP contribution in [0.2, 0.25) is 0 Å². The van der Waals surface area contributed by atoms with Crippen molar-refractivity contribution in [3.8, 4) is 0 Å². The third-order valence-electron chi connectivity index (χ3n) is 4.18. The van der Waals surface area contributed by atoms with Crippen LogP contribution in [0.25, 0.3) is 0 Å². The van der Waals surface area contributed by atoms with Gasteiger partial charge in [0.2, 0.25) is 0 Å². The van der Waals surface area contributed by atoms with E-state index in [9.17, 15) is 0 Å². The maximum Gasteiger partial charge on any atom is 0.122 e. The fourth-order valence-electron chi connectivity index (χ4n) is 3.18. The van der Waals surface area contributed by atoms with Gasteiger partial charge in [-0.2, -0.15) is 0 Å². The molecule has 0 aromatic carbocycles. The number of rotatable bonds is 3. The Morgan fingerprint density at radius 3 is 3.18 bits per heavy atom. The van der Waals surface area contributed by atoms with E-state index in [1.165, 1.54) is 44.8 Å². The molecule has 0 unspecified atom stereocenters. The Hall–Kier alpha value is -0.870. The molecule has 2 aliphatic heterocycles. The molecule has 2 saturated heterocycles. The van der Waals surface area contributed by atoms with E-state index >= 15 is 0 Å². The molecule has 3 heterocycles. The van der Waals surface area contributed by atoms with Crippen LogP contribution in [0.15, 0.2) is 12.4 Å². The number of imidazole rings is 1. The van der Waals surface area contributed by atoms with Crippen LogP contribution in [0.1, 0.15) is 25.6 Å². The van der Waals surface area contributed by atoms with Crippen molar-refractivity contribution in [2.45, 2.75) is 38.9 Å². The number of piperazine rings is 1. The third-order valence-corrected chi connectivity index (χ3v) is 4.18. The Balaban J connectivity index is 1.62. The zero-order valence-electron chi connectivity index (χ0n) is 10.7. The van der Waals surface area contributed by atoms with Crippen molar-refractivity contribution in [1.29, 1.82) is 0 Å². The summed E-state index contributed by atoms with van der Waals surface area (Å²) in [5.41, 5.74) is 0. The van der Waals surface area contributed by atoms with E-state index in [2.05, 4.69) is 32.5 Å². The number of nitrogens with zero attached hydrogens (tertiary/aromatic N) is 4. The molecule has 0 amide bonds. The van der Waals surface area contributed by atoms with E-state index in [4.69, 9.17) is 0 Å². The molecule has 2 fully saturated rings. The molecule has 4 nitrogen and oxygen atoms in total. The van der Waals surface area contributed by atoms with E-state index in [1.54, 1.807) is 0 Å². The van der Waals surface area contributed by atoms with Gasteiger partial charge >= 0.3 is 0 Å². The predicted octanol–water partition coefficient (Wildman–Crippen LogP) is 1.18. The van der Waals surface area contributed by atoms with Crippen LogP contribution in [-0.2, 0) is 13.1 Å². The minimum absolute atomic E-state index is 0.814. The standard InChI is InChI=1S/C13H22N4/c1-2-16-7-5-14-13(16)11-15-8-9-17-6-3-4-12(17)10-15/h5,7,12H,2-4,6,8-11H2,1H3/t12-/m1/s1. The topological polar surface area (TPSA) is 24.3 Å². The molecule has 0 radical (unpaired) electrons. The van der Waals surface area contributed by atoms with Crippen LogP contribution in [0.4, 0.5) is 0 Å². The lowest BCUT2D eigenvalue weighted by Crippen LogP contribution is -2.49. The summed E-state index contributed by atoms with van der Waals surface area (Å²) in [6, 6.07) is 0.814. The monoisotopic (exact) mass is 234 g/mol. The predicted molar refractivity (Wildman–Crippen MR) is 67.8 cm³/mol. The van der Waals surface area contributed by atoms with E-state index in [0.717, 1.165) is 19.1 Å². The van der Waals surface area contributed by atoms with Crippen LogP contribution in [0, 0.1) is 0 Å². The molecule has 0 saturated carbocycles. The minimum atomic E-state index is 0.814. The van der Waals surface area contributed by atoms with Crippen LogP contribution in [-0.4, -0.2) is 51.6 Å². The fraction of sp³-hybridized carbons (Fsp3) is 0.769. The zero-order chi connectivity index (χ0) is 11.7. The highest BCUT2D eigenvalue weighted by Gasteiger charge is 2.30. The highest BCUT2D eigenvalue weighted by atomic mass is 15.3. The Morgan fingerprint density at radius 1 is 1.35 bits per heavy atom. The molecule has 1 aromatic rings. The SMILES string of the molecule is CCn1ccnc1CN1CCN2CCC[C@@H]2C1. The van der Waals surface area contributed by atoms with Gasteiger partial charge in [0.15, 0.2) is 0 Å². The summed E-state index contributed by atoms with van der Waals surface area (Å²) >= 11 is 0. The van der Waals surface area contributed by atoms with Crippen LogP contribution in [0.3, 0.4) is 0 Å². The number of aryl methyl sites for hydroxylation is 1. The van der Waals surface area contributed by atoms with Gasteiger partial charge in [-0.05, 0) is 26.3 Å². The van der Waals surface area contributed by atoms with Gasteiger partial charge in [0.05, 0.1) is 6.54 Å². The molecule has 1 aromatic heterocycles. The molecule has 3 rings (SSSR count). The summed E-state index contributed by atoms with van der Waals surface area (Å²) in [6.45, 7) is 9.23. The van der Waals surface area contributed by atoms with Crippen molar-refractivity contribution >= 4 is 0 Å². The smallest absolute Gasteiger partial charge is 0.122 e. The lowest BCUT2D eigenvalue weighted by molar-refractivity contribution is 0.0966. The average molecular weight is 234 g/mol. The van der Waals surface area contributed by atoms with Crippen LogP contribution in [0.5, 0.6) is 0 Å². The van der Waals surface area contributed by atoms with E-state index in [0.29, 0.717) is 0 Å². The van der Waals surface area contributed by atoms with Crippen LogP contribution >= 0.6 is 0 Å². The molecular formula is C13H22N4. The molecule has 2 aliphatic rings. The summed E-state index contributed by atoms with van der Waals surface area (Å²) in [6.07, 6.45) is 6.78. The highest BCUT2D eigenvalue weighted by molar-refractivity contribution is 4.94. The first kappa shape index (κ1) is 11.2.